The van der Waals surface area contributed by atoms with Gasteiger partial charge in [-0.2, -0.15) is 0 Å². The van der Waals surface area contributed by atoms with Crippen LogP contribution in [0.25, 0.3) is 21.7 Å². The lowest BCUT2D eigenvalue weighted by Crippen LogP contribution is -2.01. The van der Waals surface area contributed by atoms with E-state index in [1.165, 1.54) is 7.11 Å². The Bertz CT molecular complexity index is 763. The summed E-state index contributed by atoms with van der Waals surface area (Å²) in [7, 11) is 1.37. The summed E-state index contributed by atoms with van der Waals surface area (Å²) in [6.07, 6.45) is 0. The number of methoxy groups -OCH3 is 1. The summed E-state index contributed by atoms with van der Waals surface area (Å²) in [5.74, 6) is 0.363. The smallest absolute Gasteiger partial charge is 0.340 e. The van der Waals surface area contributed by atoms with Crippen molar-refractivity contribution in [3.63, 3.8) is 0 Å². The highest BCUT2D eigenvalue weighted by Gasteiger charge is 2.16. The normalized spacial score (nSPS) is 10.8. The number of nitrogens with one attached hydrogen (secondary N) is 1. The predicted octanol–water partition coefficient (Wildman–Crippen LogP) is 3.84. The molecule has 0 atom stereocenters. The van der Waals surface area contributed by atoms with E-state index in [2.05, 4.69) is 25.9 Å². The van der Waals surface area contributed by atoms with Crippen molar-refractivity contribution >= 4 is 44.3 Å². The highest BCUT2D eigenvalue weighted by molar-refractivity contribution is 9.10. The summed E-state index contributed by atoms with van der Waals surface area (Å²) in [5, 5.41) is 1.98. The van der Waals surface area contributed by atoms with Gasteiger partial charge in [0.2, 0.25) is 0 Å². The number of thiophene rings is 1. The zero-order chi connectivity index (χ0) is 13.4. The molecule has 96 valence electrons. The van der Waals surface area contributed by atoms with Gasteiger partial charge < -0.3 is 9.72 Å². The summed E-state index contributed by atoms with van der Waals surface area (Å²) in [6.45, 7) is 0. The Morgan fingerprint density at radius 3 is 2.95 bits per heavy atom. The van der Waals surface area contributed by atoms with Crippen molar-refractivity contribution in [2.24, 2.45) is 0 Å². The van der Waals surface area contributed by atoms with Gasteiger partial charge in [0, 0.05) is 4.47 Å². The van der Waals surface area contributed by atoms with E-state index in [1.54, 1.807) is 23.5 Å². The number of benzene rings is 1. The van der Waals surface area contributed by atoms with E-state index in [0.29, 0.717) is 11.1 Å². The summed E-state index contributed by atoms with van der Waals surface area (Å²) in [6, 6.07) is 7.37. The molecule has 0 saturated heterocycles. The van der Waals surface area contributed by atoms with Gasteiger partial charge in [-0.15, -0.1) is 11.3 Å². The highest BCUT2D eigenvalue weighted by Crippen LogP contribution is 2.33. The molecule has 19 heavy (non-hydrogen) atoms. The number of para-hydroxylation sites is 1. The Hall–Kier alpha value is -1.66. The molecule has 0 aliphatic heterocycles. The van der Waals surface area contributed by atoms with Gasteiger partial charge in [0.1, 0.15) is 11.3 Å². The van der Waals surface area contributed by atoms with Crippen LogP contribution in [0, 0.1) is 0 Å². The second-order valence-electron chi connectivity index (χ2n) is 3.88. The van der Waals surface area contributed by atoms with E-state index in [9.17, 15) is 4.79 Å². The largest absolute Gasteiger partial charge is 0.465 e. The van der Waals surface area contributed by atoms with Crippen molar-refractivity contribution in [2.75, 3.05) is 7.11 Å². The maximum atomic E-state index is 11.7. The lowest BCUT2D eigenvalue weighted by Gasteiger charge is -1.98. The molecular weight excluding hydrogens is 328 g/mol. The van der Waals surface area contributed by atoms with Gasteiger partial charge in [-0.3, -0.25) is 0 Å². The van der Waals surface area contributed by atoms with Crippen LogP contribution in [0.15, 0.2) is 34.1 Å². The summed E-state index contributed by atoms with van der Waals surface area (Å²) in [5.41, 5.74) is 1.91. The number of halogens is 1. The number of hydrogen-bond acceptors (Lipinski definition) is 4. The number of H-pyrrole nitrogens is 1. The van der Waals surface area contributed by atoms with Crippen LogP contribution in [0.4, 0.5) is 0 Å². The Labute approximate surface area is 121 Å². The molecular formula is C13H9BrN2O2S. The van der Waals surface area contributed by atoms with Crippen LogP contribution in [0.5, 0.6) is 0 Å². The first kappa shape index (κ1) is 12.4. The van der Waals surface area contributed by atoms with E-state index in [1.807, 2.05) is 17.5 Å². The fourth-order valence-electron chi connectivity index (χ4n) is 1.88. The molecule has 0 aliphatic rings. The molecule has 0 saturated carbocycles. The molecule has 0 spiro atoms. The first-order valence-electron chi connectivity index (χ1n) is 5.51. The van der Waals surface area contributed by atoms with Crippen LogP contribution in [0.3, 0.4) is 0 Å². The molecule has 3 rings (SSSR count). The second kappa shape index (κ2) is 4.79. The SMILES string of the molecule is COC(=O)c1cccc2[nH]c(-c3sccc3Br)nc12. The number of aromatic nitrogens is 2. The summed E-state index contributed by atoms with van der Waals surface area (Å²) in [4.78, 5) is 20.4. The maximum absolute atomic E-state index is 11.7. The minimum Gasteiger partial charge on any atom is -0.465 e. The van der Waals surface area contributed by atoms with E-state index < -0.39 is 0 Å². The van der Waals surface area contributed by atoms with E-state index in [-0.39, 0.29) is 5.97 Å². The fourth-order valence-corrected chi connectivity index (χ4v) is 3.38. The molecule has 2 aromatic heterocycles. The Kier molecular flexibility index (Phi) is 3.12. The van der Waals surface area contributed by atoms with Crippen LogP contribution in [-0.2, 0) is 4.74 Å². The van der Waals surface area contributed by atoms with Crippen molar-refractivity contribution in [3.05, 3.63) is 39.7 Å². The Balaban J connectivity index is 2.21. The Morgan fingerprint density at radius 2 is 2.26 bits per heavy atom. The lowest BCUT2D eigenvalue weighted by atomic mass is 10.2. The maximum Gasteiger partial charge on any atom is 0.340 e. The van der Waals surface area contributed by atoms with Gasteiger partial charge in [-0.05, 0) is 39.5 Å². The second-order valence-corrected chi connectivity index (χ2v) is 5.65. The molecule has 0 amide bonds. The van der Waals surface area contributed by atoms with E-state index in [4.69, 9.17) is 4.74 Å². The molecule has 6 heteroatoms. The number of esters is 1. The number of aromatic amines is 1. The van der Waals surface area contributed by atoms with Crippen LogP contribution in [0.2, 0.25) is 0 Å². The number of rotatable bonds is 2. The third-order valence-electron chi connectivity index (χ3n) is 2.75. The monoisotopic (exact) mass is 336 g/mol. The molecule has 1 aromatic carbocycles. The zero-order valence-corrected chi connectivity index (χ0v) is 12.3. The Morgan fingerprint density at radius 1 is 1.42 bits per heavy atom. The quantitative estimate of drug-likeness (QED) is 0.723. The van der Waals surface area contributed by atoms with Gasteiger partial charge in [0.25, 0.3) is 0 Å². The minimum absolute atomic E-state index is 0.381. The topological polar surface area (TPSA) is 55.0 Å². The van der Waals surface area contributed by atoms with Crippen LogP contribution < -0.4 is 0 Å². The first-order chi connectivity index (χ1) is 9.20. The zero-order valence-electron chi connectivity index (χ0n) is 9.94. The fraction of sp³-hybridized carbons (Fsp3) is 0.0769. The molecule has 0 aliphatic carbocycles. The average Bonchev–Trinajstić information content (AvgIpc) is 3.02. The number of hydrogen-bond donors (Lipinski definition) is 1. The minimum atomic E-state index is -0.381. The summed E-state index contributed by atoms with van der Waals surface area (Å²) >= 11 is 5.06. The van der Waals surface area contributed by atoms with Gasteiger partial charge in [-0.1, -0.05) is 6.07 Å². The third kappa shape index (κ3) is 2.06. The first-order valence-corrected chi connectivity index (χ1v) is 7.18. The molecule has 1 N–H and O–H groups in total. The number of carbonyl (C=O) groups is 1. The van der Waals surface area contributed by atoms with Crippen LogP contribution >= 0.6 is 27.3 Å². The number of imidazole rings is 1. The standard InChI is InChI=1S/C13H9BrN2O2S/c1-18-13(17)7-3-2-4-9-10(7)16-12(15-9)11-8(14)5-6-19-11/h2-6H,1H3,(H,15,16). The molecule has 4 nitrogen and oxygen atoms in total. The van der Waals surface area contributed by atoms with Crippen molar-refractivity contribution in [1.29, 1.82) is 0 Å². The number of nitrogens with zero attached hydrogens (tertiary/aromatic N) is 1. The third-order valence-corrected chi connectivity index (χ3v) is 4.59. The van der Waals surface area contributed by atoms with Gasteiger partial charge >= 0.3 is 5.97 Å². The van der Waals surface area contributed by atoms with Gasteiger partial charge in [0.15, 0.2) is 0 Å². The predicted molar refractivity (Wildman–Crippen MR) is 78.4 cm³/mol. The number of ether oxygens (including phenoxy) is 1. The lowest BCUT2D eigenvalue weighted by molar-refractivity contribution is 0.0603. The van der Waals surface area contributed by atoms with Gasteiger partial charge in [0.05, 0.1) is 23.1 Å². The molecule has 3 aromatic rings. The molecule has 2 heterocycles. The molecule has 0 bridgehead atoms. The molecule has 0 unspecified atom stereocenters. The number of fused-ring (bicyclic) bond motifs is 1. The van der Waals surface area contributed by atoms with Crippen molar-refractivity contribution in [2.45, 2.75) is 0 Å². The van der Waals surface area contributed by atoms with Crippen molar-refractivity contribution in [1.82, 2.24) is 9.97 Å². The average molecular weight is 337 g/mol. The number of carbonyl (C=O) groups excluding carboxylic acids is 1. The van der Waals surface area contributed by atoms with Crippen molar-refractivity contribution < 1.29 is 9.53 Å². The van der Waals surface area contributed by atoms with E-state index in [0.717, 1.165) is 20.7 Å². The highest BCUT2D eigenvalue weighted by atomic mass is 79.9. The summed E-state index contributed by atoms with van der Waals surface area (Å²) < 4.78 is 5.75. The van der Waals surface area contributed by atoms with Crippen LogP contribution in [0.1, 0.15) is 10.4 Å². The van der Waals surface area contributed by atoms with E-state index >= 15 is 0 Å². The van der Waals surface area contributed by atoms with Crippen molar-refractivity contribution in [3.8, 4) is 10.7 Å². The van der Waals surface area contributed by atoms with Gasteiger partial charge in [-0.25, -0.2) is 9.78 Å². The van der Waals surface area contributed by atoms with Crippen LogP contribution in [-0.4, -0.2) is 23.0 Å². The molecule has 0 fully saturated rings. The molecule has 0 radical (unpaired) electrons.